The summed E-state index contributed by atoms with van der Waals surface area (Å²) < 4.78 is 32.6. The van der Waals surface area contributed by atoms with Crippen molar-refractivity contribution in [1.29, 1.82) is 0 Å². The van der Waals surface area contributed by atoms with Crippen molar-refractivity contribution in [1.82, 2.24) is 0 Å². The van der Waals surface area contributed by atoms with Gasteiger partial charge in [-0.3, -0.25) is 0 Å². The lowest BCUT2D eigenvalue weighted by Crippen LogP contribution is -2.11. The van der Waals surface area contributed by atoms with Crippen LogP contribution in [0.25, 0.3) is 11.1 Å². The number of ether oxygens (including phenoxy) is 1. The first-order valence-electron chi connectivity index (χ1n) is 6.17. The standard InChI is InChI=1S/C16H16F2NO/c1-10-7-11(5-6-15(10)20-4)16-13(18)8-12(17)9-14(16)19(2)3/h5-7,9H,1-4H3. The lowest BCUT2D eigenvalue weighted by Gasteiger charge is -2.19. The van der Waals surface area contributed by atoms with Gasteiger partial charge in [0, 0.05) is 25.3 Å². The second-order valence-electron chi connectivity index (χ2n) is 4.77. The van der Waals surface area contributed by atoms with Crippen LogP contribution >= 0.6 is 0 Å². The first-order valence-corrected chi connectivity index (χ1v) is 6.17. The molecule has 0 fully saturated rings. The Kier molecular flexibility index (Phi) is 3.93. The summed E-state index contributed by atoms with van der Waals surface area (Å²) in [5, 5.41) is 0. The van der Waals surface area contributed by atoms with Crippen molar-refractivity contribution in [3.63, 3.8) is 0 Å². The molecule has 0 aromatic heterocycles. The SMILES string of the molecule is COc1ccc(-c2c(F)[c]c(F)cc2N(C)C)cc1C. The van der Waals surface area contributed by atoms with Crippen LogP contribution in [-0.4, -0.2) is 21.2 Å². The Morgan fingerprint density at radius 3 is 2.40 bits per heavy atom. The fraction of sp³-hybridized carbons (Fsp3) is 0.250. The normalized spacial score (nSPS) is 10.5. The van der Waals surface area contributed by atoms with Gasteiger partial charge in [-0.25, -0.2) is 8.78 Å². The number of benzene rings is 2. The molecule has 0 spiro atoms. The molecule has 2 rings (SSSR count). The van der Waals surface area contributed by atoms with E-state index in [1.54, 1.807) is 38.2 Å². The van der Waals surface area contributed by atoms with Crippen molar-refractivity contribution in [2.75, 3.05) is 26.1 Å². The summed E-state index contributed by atoms with van der Waals surface area (Å²) in [6.45, 7) is 1.88. The monoisotopic (exact) mass is 276 g/mol. The van der Waals surface area contributed by atoms with Gasteiger partial charge in [-0.05, 0) is 36.2 Å². The molecule has 0 saturated heterocycles. The van der Waals surface area contributed by atoms with Crippen molar-refractivity contribution in [3.8, 4) is 16.9 Å². The molecular formula is C16H16F2NO. The van der Waals surface area contributed by atoms with E-state index < -0.39 is 11.6 Å². The second kappa shape index (κ2) is 5.49. The van der Waals surface area contributed by atoms with Gasteiger partial charge in [-0.1, -0.05) is 6.07 Å². The Labute approximate surface area is 117 Å². The number of aryl methyl sites for hydroxylation is 1. The molecule has 0 unspecified atom stereocenters. The molecule has 0 aliphatic rings. The van der Waals surface area contributed by atoms with E-state index in [1.165, 1.54) is 6.07 Å². The van der Waals surface area contributed by atoms with E-state index in [9.17, 15) is 8.78 Å². The van der Waals surface area contributed by atoms with Gasteiger partial charge in [-0.2, -0.15) is 0 Å². The fourth-order valence-corrected chi connectivity index (χ4v) is 2.17. The minimum Gasteiger partial charge on any atom is -0.496 e. The third kappa shape index (κ3) is 2.59. The Morgan fingerprint density at radius 2 is 1.85 bits per heavy atom. The molecule has 0 N–H and O–H groups in total. The van der Waals surface area contributed by atoms with Crippen LogP contribution in [-0.2, 0) is 0 Å². The lowest BCUT2D eigenvalue weighted by molar-refractivity contribution is 0.412. The van der Waals surface area contributed by atoms with E-state index in [1.807, 2.05) is 13.0 Å². The summed E-state index contributed by atoms with van der Waals surface area (Å²) in [5.41, 5.74) is 2.37. The molecule has 0 atom stereocenters. The van der Waals surface area contributed by atoms with Gasteiger partial charge in [-0.15, -0.1) is 0 Å². The van der Waals surface area contributed by atoms with E-state index in [-0.39, 0.29) is 0 Å². The van der Waals surface area contributed by atoms with Gasteiger partial charge < -0.3 is 9.64 Å². The maximum atomic E-state index is 14.1. The molecular weight excluding hydrogens is 260 g/mol. The molecule has 2 nitrogen and oxygen atoms in total. The minimum atomic E-state index is -0.708. The number of hydrogen-bond acceptors (Lipinski definition) is 2. The largest absolute Gasteiger partial charge is 0.496 e. The van der Waals surface area contributed by atoms with E-state index >= 15 is 0 Å². The average Bonchev–Trinajstić information content (AvgIpc) is 2.37. The molecule has 2 aromatic carbocycles. The van der Waals surface area contributed by atoms with Gasteiger partial charge in [0.15, 0.2) is 0 Å². The van der Waals surface area contributed by atoms with Gasteiger partial charge in [0.05, 0.1) is 13.2 Å². The molecule has 0 heterocycles. The zero-order valence-electron chi connectivity index (χ0n) is 11.9. The van der Waals surface area contributed by atoms with Crippen molar-refractivity contribution < 1.29 is 13.5 Å². The number of hydrogen-bond donors (Lipinski definition) is 0. The van der Waals surface area contributed by atoms with Crippen LogP contribution in [0.15, 0.2) is 24.3 Å². The number of nitrogens with zero attached hydrogens (tertiary/aromatic N) is 1. The van der Waals surface area contributed by atoms with Crippen LogP contribution in [0.3, 0.4) is 0 Å². The van der Waals surface area contributed by atoms with Gasteiger partial charge in [0.1, 0.15) is 17.4 Å². The van der Waals surface area contributed by atoms with Crippen LogP contribution in [0.1, 0.15) is 5.56 Å². The Hall–Kier alpha value is -2.10. The summed E-state index contributed by atoms with van der Waals surface area (Å²) in [6, 6.07) is 8.70. The third-order valence-electron chi connectivity index (χ3n) is 3.13. The highest BCUT2D eigenvalue weighted by Gasteiger charge is 2.16. The summed E-state index contributed by atoms with van der Waals surface area (Å²) in [4.78, 5) is 1.68. The van der Waals surface area contributed by atoms with E-state index in [0.29, 0.717) is 16.8 Å². The first kappa shape index (κ1) is 14.3. The lowest BCUT2D eigenvalue weighted by atomic mass is 10.00. The number of halogens is 2. The van der Waals surface area contributed by atoms with Crippen LogP contribution in [0, 0.1) is 24.6 Å². The van der Waals surface area contributed by atoms with Gasteiger partial charge in [0.25, 0.3) is 0 Å². The Morgan fingerprint density at radius 1 is 1.15 bits per heavy atom. The summed E-state index contributed by atoms with van der Waals surface area (Å²) in [7, 11) is 5.07. The smallest absolute Gasteiger partial charge is 0.144 e. The fourth-order valence-electron chi connectivity index (χ4n) is 2.17. The molecule has 105 valence electrons. The van der Waals surface area contributed by atoms with Crippen LogP contribution < -0.4 is 9.64 Å². The third-order valence-corrected chi connectivity index (χ3v) is 3.13. The molecule has 2 aromatic rings. The zero-order chi connectivity index (χ0) is 14.9. The summed E-state index contributed by atoms with van der Waals surface area (Å²) in [6.07, 6.45) is 0. The van der Waals surface area contributed by atoms with E-state index in [4.69, 9.17) is 4.74 Å². The van der Waals surface area contributed by atoms with Gasteiger partial charge in [0.2, 0.25) is 0 Å². The predicted molar refractivity (Wildman–Crippen MR) is 76.2 cm³/mol. The molecule has 0 aliphatic heterocycles. The predicted octanol–water partition coefficient (Wildman–Crippen LogP) is 3.82. The molecule has 0 amide bonds. The zero-order valence-corrected chi connectivity index (χ0v) is 11.9. The highest BCUT2D eigenvalue weighted by atomic mass is 19.1. The minimum absolute atomic E-state index is 0.335. The van der Waals surface area contributed by atoms with E-state index in [2.05, 4.69) is 6.07 Å². The Bertz CT molecular complexity index is 639. The highest BCUT2D eigenvalue weighted by molar-refractivity contribution is 5.79. The van der Waals surface area contributed by atoms with Crippen LogP contribution in [0.5, 0.6) is 5.75 Å². The molecule has 20 heavy (non-hydrogen) atoms. The first-order chi connectivity index (χ1) is 9.43. The molecule has 0 saturated carbocycles. The number of methoxy groups -OCH3 is 1. The molecule has 1 radical (unpaired) electrons. The van der Waals surface area contributed by atoms with E-state index in [0.717, 1.165) is 11.3 Å². The number of anilines is 1. The van der Waals surface area contributed by atoms with Crippen molar-refractivity contribution in [2.24, 2.45) is 0 Å². The highest BCUT2D eigenvalue weighted by Crippen LogP contribution is 2.35. The second-order valence-corrected chi connectivity index (χ2v) is 4.77. The molecule has 0 bridgehead atoms. The van der Waals surface area contributed by atoms with Crippen LogP contribution in [0.2, 0.25) is 0 Å². The topological polar surface area (TPSA) is 12.5 Å². The van der Waals surface area contributed by atoms with Crippen molar-refractivity contribution in [2.45, 2.75) is 6.92 Å². The Balaban J connectivity index is 2.65. The maximum Gasteiger partial charge on any atom is 0.144 e. The average molecular weight is 276 g/mol. The van der Waals surface area contributed by atoms with Crippen molar-refractivity contribution in [3.05, 3.63) is 47.5 Å². The maximum absolute atomic E-state index is 14.1. The molecule has 4 heteroatoms. The van der Waals surface area contributed by atoms with Crippen molar-refractivity contribution >= 4 is 5.69 Å². The summed E-state index contributed by atoms with van der Waals surface area (Å²) >= 11 is 0. The van der Waals surface area contributed by atoms with Gasteiger partial charge >= 0.3 is 0 Å². The summed E-state index contributed by atoms with van der Waals surface area (Å²) in [5.74, 6) is -0.676. The van der Waals surface area contributed by atoms with Crippen LogP contribution in [0.4, 0.5) is 14.5 Å². The number of rotatable bonds is 3. The molecule has 0 aliphatic carbocycles. The quantitative estimate of drug-likeness (QED) is 0.845.